The summed E-state index contributed by atoms with van der Waals surface area (Å²) >= 11 is 0. The molecular weight excluding hydrogens is 676 g/mol. The molecule has 2 spiro atoms. The Hall–Kier alpha value is -1.88. The highest BCUT2D eigenvalue weighted by Crippen LogP contribution is 2.77. The van der Waals surface area contributed by atoms with Crippen molar-refractivity contribution in [1.82, 2.24) is 10.2 Å². The molecular formula is C42H60N2O9. The molecule has 5 aliphatic carbocycles. The van der Waals surface area contributed by atoms with Gasteiger partial charge in [0.2, 0.25) is 5.91 Å². The molecule has 7 fully saturated rings. The molecule has 3 saturated heterocycles. The van der Waals surface area contributed by atoms with Crippen molar-refractivity contribution in [1.29, 1.82) is 0 Å². The van der Waals surface area contributed by atoms with Gasteiger partial charge in [-0.3, -0.25) is 14.9 Å². The van der Waals surface area contributed by atoms with Gasteiger partial charge in [0.05, 0.1) is 40.9 Å². The lowest BCUT2D eigenvalue weighted by atomic mass is 9.34. The smallest absolute Gasteiger partial charge is 0.240 e. The molecule has 10 aliphatic rings. The molecule has 17 atom stereocenters. The summed E-state index contributed by atoms with van der Waals surface area (Å²) in [7, 11) is 1.69. The van der Waals surface area contributed by atoms with Crippen LogP contribution in [0.25, 0.3) is 0 Å². The Kier molecular flexibility index (Phi) is 8.71. The van der Waals surface area contributed by atoms with Crippen LogP contribution in [-0.4, -0.2) is 118 Å². The van der Waals surface area contributed by atoms with Crippen molar-refractivity contribution in [3.05, 3.63) is 11.6 Å². The van der Waals surface area contributed by atoms with Crippen molar-refractivity contribution in [3.8, 4) is 11.8 Å². The van der Waals surface area contributed by atoms with Crippen LogP contribution in [0.4, 0.5) is 0 Å². The summed E-state index contributed by atoms with van der Waals surface area (Å²) in [6.07, 6.45) is 5.88. The Balaban J connectivity index is 1.16. The predicted molar refractivity (Wildman–Crippen MR) is 193 cm³/mol. The van der Waals surface area contributed by atoms with Crippen LogP contribution >= 0.6 is 0 Å². The van der Waals surface area contributed by atoms with E-state index in [4.69, 9.17) is 14.2 Å². The molecule has 0 aromatic rings. The van der Waals surface area contributed by atoms with Crippen LogP contribution in [0.5, 0.6) is 0 Å². The van der Waals surface area contributed by atoms with E-state index < -0.39 is 63.9 Å². The zero-order valence-electron chi connectivity index (χ0n) is 31.9. The van der Waals surface area contributed by atoms with Crippen molar-refractivity contribution >= 4 is 11.7 Å². The van der Waals surface area contributed by atoms with Gasteiger partial charge >= 0.3 is 0 Å². The molecule has 0 aromatic heterocycles. The summed E-state index contributed by atoms with van der Waals surface area (Å²) in [4.78, 5) is 30.2. The molecule has 5 N–H and O–H groups in total. The fourth-order valence-electron chi connectivity index (χ4n) is 14.1. The van der Waals surface area contributed by atoms with E-state index in [0.717, 1.165) is 37.7 Å². The maximum Gasteiger partial charge on any atom is 0.240 e. The second kappa shape index (κ2) is 12.6. The van der Waals surface area contributed by atoms with Gasteiger partial charge in [-0.25, -0.2) is 0 Å². The van der Waals surface area contributed by atoms with Crippen LogP contribution in [0.15, 0.2) is 11.6 Å². The topological polar surface area (TPSA) is 158 Å². The predicted octanol–water partition coefficient (Wildman–Crippen LogP) is 2.47. The van der Waals surface area contributed by atoms with E-state index in [1.165, 1.54) is 0 Å². The minimum atomic E-state index is -1.64. The maximum absolute atomic E-state index is 14.6. The highest BCUT2D eigenvalue weighted by atomic mass is 16.5. The largest absolute Gasteiger partial charge is 0.387 e. The first-order chi connectivity index (χ1) is 25.2. The molecule has 0 unspecified atom stereocenters. The number of carbonyl (C=O) groups is 2. The van der Waals surface area contributed by atoms with Crippen LogP contribution < -0.4 is 5.32 Å². The van der Waals surface area contributed by atoms with Gasteiger partial charge in [0.1, 0.15) is 18.4 Å². The number of ether oxygens (including phenoxy) is 3. The van der Waals surface area contributed by atoms with Gasteiger partial charge in [0, 0.05) is 44.6 Å². The molecule has 11 nitrogen and oxygen atoms in total. The number of fused-ring (bicyclic) bond motifs is 3. The van der Waals surface area contributed by atoms with Gasteiger partial charge in [-0.15, -0.1) is 5.92 Å². The van der Waals surface area contributed by atoms with E-state index in [1.54, 1.807) is 20.1 Å². The third-order valence-corrected chi connectivity index (χ3v) is 16.8. The molecule has 53 heavy (non-hydrogen) atoms. The molecule has 4 saturated carbocycles. The van der Waals surface area contributed by atoms with E-state index in [9.17, 15) is 30.0 Å². The highest BCUT2D eigenvalue weighted by molar-refractivity contribution is 5.96. The average Bonchev–Trinajstić information content (AvgIpc) is 3.74. The highest BCUT2D eigenvalue weighted by Gasteiger charge is 2.78. The van der Waals surface area contributed by atoms with Crippen molar-refractivity contribution in [2.45, 2.75) is 152 Å². The third kappa shape index (κ3) is 4.95. The van der Waals surface area contributed by atoms with Crippen LogP contribution in [-0.2, 0) is 23.8 Å². The monoisotopic (exact) mass is 736 g/mol. The van der Waals surface area contributed by atoms with Crippen LogP contribution in [0, 0.1) is 57.7 Å². The quantitative estimate of drug-likeness (QED) is 0.162. The summed E-state index contributed by atoms with van der Waals surface area (Å²) in [5.41, 5.74) is -4.35. The zero-order valence-corrected chi connectivity index (χ0v) is 31.9. The van der Waals surface area contributed by atoms with Gasteiger partial charge in [0.15, 0.2) is 5.78 Å². The van der Waals surface area contributed by atoms with Gasteiger partial charge in [0.25, 0.3) is 0 Å². The van der Waals surface area contributed by atoms with Crippen LogP contribution in [0.1, 0.15) is 97.8 Å². The molecule has 1 amide bonds. The molecule has 11 heteroatoms. The summed E-state index contributed by atoms with van der Waals surface area (Å²) in [6, 6.07) is -0.608. The standard InChI is InChI=1S/C42H60N2O9/c1-23-27-19-29-37(48)44-22-25(44)9-6-13-41-24-8-5-12-40(21-24)31(39(3,49)35(46)33(23)53-34(27)36(47)43-29)11-15-42(40,50)32(41)20-30(45)28-18-26(10-14-38(28,41)2)52-17-7-16-51-4/h20,23-29,31,33-36,43,46-47,49-50H,5,7-12,14-19,21-22H2,1-4H3/t23-,24+,25+,26+,27-,28+,29-,31-,33+,34+,35-,36-,38+,39+,40-,41-,42-,44?/m1/s1. The normalized spacial score (nSPS) is 53.9. The summed E-state index contributed by atoms with van der Waals surface area (Å²) in [5, 5.41) is 52.8. The Morgan fingerprint density at radius 3 is 2.66 bits per heavy atom. The van der Waals surface area contributed by atoms with Crippen LogP contribution in [0.3, 0.4) is 0 Å². The first-order valence-corrected chi connectivity index (χ1v) is 20.6. The van der Waals surface area contributed by atoms with Crippen molar-refractivity contribution in [2.24, 2.45) is 45.8 Å². The molecule has 292 valence electrons. The van der Waals surface area contributed by atoms with Crippen LogP contribution in [0.2, 0.25) is 0 Å². The number of nitrogens with one attached hydrogen (secondary N) is 1. The number of hydrogen-bond donors (Lipinski definition) is 5. The Labute approximate surface area is 313 Å². The average molecular weight is 737 g/mol. The Morgan fingerprint density at radius 2 is 1.87 bits per heavy atom. The number of aliphatic hydroxyl groups is 4. The van der Waals surface area contributed by atoms with E-state index >= 15 is 0 Å². The molecule has 0 aromatic carbocycles. The third-order valence-electron chi connectivity index (χ3n) is 16.8. The Morgan fingerprint density at radius 1 is 1.06 bits per heavy atom. The maximum atomic E-state index is 14.6. The SMILES string of the molecule is COCCCO[C@H]1CC[C@@]2(C)[C@@H](C1)C(=O)C=C1[C@]3(O)CC[C@@H]4[C@](C)(O)[C@H](O)[C@H]5O[C@H]6[C@H](C[C@@H](N[C@@H]6O)C(=O)N6C[C@@H]6CC#C[C@@]12[C@H]1CCC[C@@]43C1)[C@H]5C. The van der Waals surface area contributed by atoms with E-state index in [2.05, 4.69) is 24.1 Å². The number of ketones is 1. The number of carbonyl (C=O) groups excluding carboxylic acids is 2. The Bertz CT molecular complexity index is 1620. The van der Waals surface area contributed by atoms with Gasteiger partial charge in [-0.05, 0) is 112 Å². The number of nitrogens with zero attached hydrogens (tertiary/aromatic N) is 1. The molecule has 5 aliphatic heterocycles. The first kappa shape index (κ1) is 36.7. The number of allylic oxidation sites excluding steroid dienone is 1. The lowest BCUT2D eigenvalue weighted by Crippen LogP contribution is -2.70. The minimum absolute atomic E-state index is 0.0330. The van der Waals surface area contributed by atoms with E-state index in [1.807, 2.05) is 11.8 Å². The summed E-state index contributed by atoms with van der Waals surface area (Å²) in [6.45, 7) is 7.75. The fourth-order valence-corrected chi connectivity index (χ4v) is 14.1. The molecule has 10 rings (SSSR count). The van der Waals surface area contributed by atoms with E-state index in [-0.39, 0.29) is 47.5 Å². The summed E-state index contributed by atoms with van der Waals surface area (Å²) in [5.74, 6) is 6.33. The number of amides is 1. The number of methoxy groups -OCH3 is 1. The lowest BCUT2D eigenvalue weighted by Gasteiger charge is -2.69. The first-order valence-electron chi connectivity index (χ1n) is 20.6. The number of aliphatic hydroxyl groups excluding tert-OH is 2. The molecule has 5 heterocycles. The second-order valence-corrected chi connectivity index (χ2v) is 19.1. The second-order valence-electron chi connectivity index (χ2n) is 19.1. The fraction of sp³-hybridized carbons (Fsp3) is 0.857. The van der Waals surface area contributed by atoms with Crippen molar-refractivity contribution in [3.63, 3.8) is 0 Å². The van der Waals surface area contributed by atoms with E-state index in [0.29, 0.717) is 64.7 Å². The van der Waals surface area contributed by atoms with Gasteiger partial charge in [-0.2, -0.15) is 0 Å². The summed E-state index contributed by atoms with van der Waals surface area (Å²) < 4.78 is 18.0. The van der Waals surface area contributed by atoms with Crippen molar-refractivity contribution in [2.75, 3.05) is 26.9 Å². The number of piperidine rings is 1. The van der Waals surface area contributed by atoms with Crippen molar-refractivity contribution < 1.29 is 44.2 Å². The van der Waals surface area contributed by atoms with Gasteiger partial charge in [-0.1, -0.05) is 26.2 Å². The molecule has 0 radical (unpaired) electrons. The molecule has 8 bridgehead atoms. The van der Waals surface area contributed by atoms with Gasteiger partial charge < -0.3 is 39.5 Å². The lowest BCUT2D eigenvalue weighted by molar-refractivity contribution is -0.226. The zero-order chi connectivity index (χ0) is 37.3. The number of hydrogen-bond acceptors (Lipinski definition) is 10. The number of rotatable bonds is 5. The minimum Gasteiger partial charge on any atom is -0.387 e.